The van der Waals surface area contributed by atoms with Gasteiger partial charge in [0.15, 0.2) is 0 Å². The van der Waals surface area contributed by atoms with Crippen LogP contribution >= 0.6 is 12.8 Å². The Morgan fingerprint density at radius 3 is 2.87 bits per heavy atom. The Morgan fingerprint density at radius 2 is 2.17 bits per heavy atom. The van der Waals surface area contributed by atoms with Crippen molar-refractivity contribution in [3.8, 4) is 0 Å². The minimum Gasteiger partial charge on any atom is -0.382 e. The first kappa shape index (κ1) is 15.4. The Morgan fingerprint density at radius 1 is 1.35 bits per heavy atom. The highest BCUT2D eigenvalue weighted by Gasteiger charge is 2.16. The molecule has 0 aliphatic heterocycles. The first-order valence-electron chi connectivity index (χ1n) is 7.01. The molecule has 0 fully saturated rings. The van der Waals surface area contributed by atoms with Crippen LogP contribution in [0.4, 0.5) is 10.5 Å². The van der Waals surface area contributed by atoms with Crippen molar-refractivity contribution in [1.29, 1.82) is 0 Å². The Hall–Kier alpha value is -2.51. The number of hydrogen-bond acceptors (Lipinski definition) is 4. The Balaban J connectivity index is 2.05. The zero-order chi connectivity index (χ0) is 16.4. The predicted molar refractivity (Wildman–Crippen MR) is 92.7 cm³/mol. The fourth-order valence-corrected chi connectivity index (χ4v) is 2.61. The molecule has 0 spiro atoms. The zero-order valence-electron chi connectivity index (χ0n) is 12.4. The summed E-state index contributed by atoms with van der Waals surface area (Å²) in [5, 5.41) is 17.7. The van der Waals surface area contributed by atoms with Gasteiger partial charge >= 0.3 is 6.03 Å². The van der Waals surface area contributed by atoms with Gasteiger partial charge in [0.2, 0.25) is 0 Å². The average Bonchev–Trinajstić information content (AvgIpc) is 3.00. The van der Waals surface area contributed by atoms with Crippen molar-refractivity contribution < 1.29 is 9.90 Å². The Kier molecular flexibility index (Phi) is 4.22. The van der Waals surface area contributed by atoms with Crippen molar-refractivity contribution in [1.82, 2.24) is 14.3 Å². The van der Waals surface area contributed by atoms with Crippen LogP contribution in [0.25, 0.3) is 10.8 Å². The lowest BCUT2D eigenvalue weighted by Crippen LogP contribution is -2.24. The molecule has 23 heavy (non-hydrogen) atoms. The zero-order valence-corrected chi connectivity index (χ0v) is 13.3. The topological polar surface area (TPSA) is 79.2 Å². The van der Waals surface area contributed by atoms with E-state index in [4.69, 9.17) is 0 Å². The van der Waals surface area contributed by atoms with E-state index in [-0.39, 0.29) is 6.03 Å². The Bertz CT molecular complexity index is 862. The van der Waals surface area contributed by atoms with Crippen molar-refractivity contribution in [3.05, 3.63) is 60.2 Å². The van der Waals surface area contributed by atoms with Gasteiger partial charge < -0.3 is 15.7 Å². The van der Waals surface area contributed by atoms with Crippen LogP contribution in [0.2, 0.25) is 0 Å². The van der Waals surface area contributed by atoms with E-state index in [1.807, 2.05) is 36.4 Å². The molecule has 7 heteroatoms. The van der Waals surface area contributed by atoms with Crippen molar-refractivity contribution >= 4 is 35.3 Å². The van der Waals surface area contributed by atoms with Gasteiger partial charge in [0.1, 0.15) is 12.4 Å². The number of nitrogens with one attached hydrogen (secondary N) is 2. The normalized spacial score (nSPS) is 12.1. The lowest BCUT2D eigenvalue weighted by molar-refractivity contribution is 0.217. The van der Waals surface area contributed by atoms with Crippen molar-refractivity contribution in [3.63, 3.8) is 0 Å². The number of aliphatic hydroxyl groups is 1. The van der Waals surface area contributed by atoms with Crippen LogP contribution in [0.5, 0.6) is 0 Å². The molecule has 0 radical (unpaired) electrons. The number of aliphatic hydroxyl groups excluding tert-OH is 1. The molecule has 1 unspecified atom stereocenters. The number of fused-ring (bicyclic) bond motifs is 1. The molecule has 0 saturated heterocycles. The second-order valence-corrected chi connectivity index (χ2v) is 5.53. The maximum absolute atomic E-state index is 11.5. The summed E-state index contributed by atoms with van der Waals surface area (Å²) in [4.78, 5) is 15.6. The van der Waals surface area contributed by atoms with Crippen LogP contribution in [-0.2, 0) is 0 Å². The number of carbonyl (C=O) groups excluding carboxylic acids is 1. The van der Waals surface area contributed by atoms with Gasteiger partial charge in [-0.05, 0) is 28.5 Å². The van der Waals surface area contributed by atoms with Crippen LogP contribution in [-0.4, -0.2) is 27.1 Å². The van der Waals surface area contributed by atoms with Gasteiger partial charge in [0.05, 0.1) is 5.69 Å². The van der Waals surface area contributed by atoms with E-state index in [1.165, 1.54) is 10.3 Å². The third-order valence-corrected chi connectivity index (χ3v) is 3.78. The quantitative estimate of drug-likeness (QED) is 0.558. The van der Waals surface area contributed by atoms with Gasteiger partial charge in [-0.3, -0.25) is 3.97 Å². The SMILES string of the molecule is CNC(=O)Nc1ccc2cccc(C(O)c3cn(S)cn3)c2c1. The van der Waals surface area contributed by atoms with E-state index < -0.39 is 6.10 Å². The number of thiol groups is 1. The maximum atomic E-state index is 11.5. The second kappa shape index (κ2) is 6.31. The summed E-state index contributed by atoms with van der Waals surface area (Å²) in [6.07, 6.45) is 2.30. The number of urea groups is 1. The van der Waals surface area contributed by atoms with Gasteiger partial charge in [-0.15, -0.1) is 0 Å². The van der Waals surface area contributed by atoms with Gasteiger partial charge in [-0.2, -0.15) is 0 Å². The molecule has 2 amide bonds. The number of benzene rings is 2. The summed E-state index contributed by atoms with van der Waals surface area (Å²) < 4.78 is 1.49. The highest BCUT2D eigenvalue weighted by molar-refractivity contribution is 7.78. The standard InChI is InChI=1S/C16H16N4O2S/c1-17-16(22)19-11-6-5-10-3-2-4-12(13(10)7-11)15(21)14-8-20(23)9-18-14/h2-9,15,21,23H,1H3,(H2,17,19,22). The molecule has 6 nitrogen and oxygen atoms in total. The fraction of sp³-hybridized carbons (Fsp3) is 0.125. The third kappa shape index (κ3) is 3.15. The molecular weight excluding hydrogens is 312 g/mol. The van der Waals surface area contributed by atoms with E-state index in [0.29, 0.717) is 11.4 Å². The van der Waals surface area contributed by atoms with E-state index in [9.17, 15) is 9.90 Å². The molecule has 118 valence electrons. The summed E-state index contributed by atoms with van der Waals surface area (Å²) in [6.45, 7) is 0. The molecule has 3 rings (SSSR count). The van der Waals surface area contributed by atoms with Gasteiger partial charge in [0.25, 0.3) is 0 Å². The average molecular weight is 328 g/mol. The molecule has 2 aromatic carbocycles. The van der Waals surface area contributed by atoms with Gasteiger partial charge in [-0.25, -0.2) is 9.78 Å². The lowest BCUT2D eigenvalue weighted by Gasteiger charge is -2.13. The molecule has 1 heterocycles. The van der Waals surface area contributed by atoms with Crippen LogP contribution in [0, 0.1) is 0 Å². The molecule has 1 atom stereocenters. The number of nitrogens with zero attached hydrogens (tertiary/aromatic N) is 2. The van der Waals surface area contributed by atoms with Crippen LogP contribution in [0.1, 0.15) is 17.4 Å². The number of rotatable bonds is 3. The summed E-state index contributed by atoms with van der Waals surface area (Å²) >= 11 is 4.14. The summed E-state index contributed by atoms with van der Waals surface area (Å²) in [6, 6.07) is 10.9. The summed E-state index contributed by atoms with van der Waals surface area (Å²) in [5.41, 5.74) is 1.88. The van der Waals surface area contributed by atoms with E-state index in [2.05, 4.69) is 28.4 Å². The smallest absolute Gasteiger partial charge is 0.318 e. The van der Waals surface area contributed by atoms with Crippen LogP contribution in [0.3, 0.4) is 0 Å². The molecule has 0 bridgehead atoms. The monoisotopic (exact) mass is 328 g/mol. The van der Waals surface area contributed by atoms with Crippen LogP contribution in [0.15, 0.2) is 48.9 Å². The number of carbonyl (C=O) groups is 1. The molecular formula is C16H16N4O2S. The molecule has 0 aliphatic rings. The summed E-state index contributed by atoms with van der Waals surface area (Å²) in [7, 11) is 1.55. The van der Waals surface area contributed by atoms with E-state index in [1.54, 1.807) is 13.2 Å². The number of amides is 2. The Labute approximate surface area is 138 Å². The molecule has 3 aromatic rings. The fourth-order valence-electron chi connectivity index (χ4n) is 2.44. The highest BCUT2D eigenvalue weighted by atomic mass is 32.1. The maximum Gasteiger partial charge on any atom is 0.318 e. The number of hydrogen-bond donors (Lipinski definition) is 4. The van der Waals surface area contributed by atoms with E-state index in [0.717, 1.165) is 16.3 Å². The molecule has 0 saturated carbocycles. The van der Waals surface area contributed by atoms with E-state index >= 15 is 0 Å². The highest BCUT2D eigenvalue weighted by Crippen LogP contribution is 2.30. The molecule has 1 aromatic heterocycles. The van der Waals surface area contributed by atoms with Crippen molar-refractivity contribution in [2.75, 3.05) is 12.4 Å². The minimum atomic E-state index is -0.873. The first-order valence-corrected chi connectivity index (χ1v) is 7.41. The summed E-state index contributed by atoms with van der Waals surface area (Å²) in [5.74, 6) is 0. The number of aromatic nitrogens is 2. The largest absolute Gasteiger partial charge is 0.382 e. The van der Waals surface area contributed by atoms with Crippen molar-refractivity contribution in [2.45, 2.75) is 6.10 Å². The predicted octanol–water partition coefficient (Wildman–Crippen LogP) is 2.56. The number of anilines is 1. The van der Waals surface area contributed by atoms with Gasteiger partial charge in [-0.1, -0.05) is 37.1 Å². The second-order valence-electron chi connectivity index (χ2n) is 5.07. The first-order chi connectivity index (χ1) is 11.1. The lowest BCUT2D eigenvalue weighted by atomic mass is 9.98. The van der Waals surface area contributed by atoms with Crippen LogP contribution < -0.4 is 10.6 Å². The molecule has 3 N–H and O–H groups in total. The third-order valence-electron chi connectivity index (χ3n) is 3.57. The molecule has 0 aliphatic carbocycles. The van der Waals surface area contributed by atoms with Gasteiger partial charge in [0, 0.05) is 18.9 Å². The minimum absolute atomic E-state index is 0.295. The van der Waals surface area contributed by atoms with Crippen molar-refractivity contribution in [2.24, 2.45) is 0 Å². The number of imidazole rings is 1.